The second-order valence-corrected chi connectivity index (χ2v) is 7.24. The molecule has 0 radical (unpaired) electrons. The molecule has 0 aliphatic heterocycles. The Bertz CT molecular complexity index is 1170. The number of aromatic nitrogens is 6. The highest BCUT2D eigenvalue weighted by Gasteiger charge is 2.16. The molecule has 0 spiro atoms. The van der Waals surface area contributed by atoms with E-state index in [2.05, 4.69) is 25.0 Å². The van der Waals surface area contributed by atoms with E-state index >= 15 is 0 Å². The lowest BCUT2D eigenvalue weighted by molar-refractivity contribution is -0.119. The van der Waals surface area contributed by atoms with Crippen LogP contribution in [0.5, 0.6) is 0 Å². The zero-order valence-electron chi connectivity index (χ0n) is 17.2. The van der Waals surface area contributed by atoms with Crippen molar-refractivity contribution in [1.82, 2.24) is 29.7 Å². The normalized spacial score (nSPS) is 10.9. The van der Waals surface area contributed by atoms with Crippen LogP contribution in [0.25, 0.3) is 22.4 Å². The predicted octanol–water partition coefficient (Wildman–Crippen LogP) is 3.53. The molecule has 0 aliphatic rings. The van der Waals surface area contributed by atoms with E-state index in [4.69, 9.17) is 0 Å². The summed E-state index contributed by atoms with van der Waals surface area (Å²) in [5.41, 5.74) is 7.19. The van der Waals surface area contributed by atoms with Gasteiger partial charge in [-0.25, -0.2) is 0 Å². The van der Waals surface area contributed by atoms with Crippen molar-refractivity contribution >= 4 is 5.78 Å². The largest absolute Gasteiger partial charge is 0.297 e. The van der Waals surface area contributed by atoms with Crippen LogP contribution in [0.2, 0.25) is 0 Å². The topological polar surface area (TPSA) is 86.5 Å². The summed E-state index contributed by atoms with van der Waals surface area (Å²) in [5, 5.41) is 4.58. The number of nitrogens with zero attached hydrogens (tertiary/aromatic N) is 6. The predicted molar refractivity (Wildman–Crippen MR) is 114 cm³/mol. The molecule has 0 saturated heterocycles. The van der Waals surface area contributed by atoms with E-state index in [1.165, 1.54) is 0 Å². The fraction of sp³-hybridized carbons (Fsp3) is 0.217. The molecule has 7 nitrogen and oxygen atoms in total. The van der Waals surface area contributed by atoms with Crippen LogP contribution in [0.3, 0.4) is 0 Å². The van der Waals surface area contributed by atoms with Crippen LogP contribution in [0.4, 0.5) is 0 Å². The van der Waals surface area contributed by atoms with Crippen molar-refractivity contribution in [2.45, 2.75) is 33.7 Å². The van der Waals surface area contributed by atoms with Gasteiger partial charge in [0.2, 0.25) is 0 Å². The van der Waals surface area contributed by atoms with Gasteiger partial charge in [-0.2, -0.15) is 5.10 Å². The first-order valence-electron chi connectivity index (χ1n) is 9.71. The highest BCUT2D eigenvalue weighted by atomic mass is 16.1. The van der Waals surface area contributed by atoms with Gasteiger partial charge in [0.15, 0.2) is 5.78 Å². The van der Waals surface area contributed by atoms with E-state index in [-0.39, 0.29) is 18.7 Å². The fourth-order valence-electron chi connectivity index (χ4n) is 3.44. The maximum atomic E-state index is 12.7. The summed E-state index contributed by atoms with van der Waals surface area (Å²) in [6, 6.07) is 7.78. The SMILES string of the molecule is Cc1ccc(-c2c(C)nn(CC(=O)Cc3ccc(-c4cnccn4)cn3)c2C)cn1. The molecule has 0 N–H and O–H groups in total. The van der Waals surface area contributed by atoms with Crippen molar-refractivity contribution in [2.24, 2.45) is 0 Å². The average Bonchev–Trinajstić information content (AvgIpc) is 3.03. The fourth-order valence-corrected chi connectivity index (χ4v) is 3.44. The van der Waals surface area contributed by atoms with Crippen LogP contribution in [0.1, 0.15) is 22.8 Å². The van der Waals surface area contributed by atoms with Gasteiger partial charge in [-0.3, -0.25) is 29.4 Å². The molecule has 0 aromatic carbocycles. The number of rotatable bonds is 6. The van der Waals surface area contributed by atoms with Crippen molar-refractivity contribution < 1.29 is 4.79 Å². The number of hydrogen-bond acceptors (Lipinski definition) is 6. The first-order chi connectivity index (χ1) is 14.5. The number of hydrogen-bond donors (Lipinski definition) is 0. The van der Waals surface area contributed by atoms with Crippen molar-refractivity contribution in [3.63, 3.8) is 0 Å². The van der Waals surface area contributed by atoms with E-state index < -0.39 is 0 Å². The molecule has 0 bridgehead atoms. The molecule has 0 unspecified atom stereocenters. The van der Waals surface area contributed by atoms with Crippen molar-refractivity contribution in [2.75, 3.05) is 0 Å². The number of carbonyl (C=O) groups excluding carboxylic acids is 1. The van der Waals surface area contributed by atoms with E-state index in [1.54, 1.807) is 29.5 Å². The average molecular weight is 398 g/mol. The van der Waals surface area contributed by atoms with E-state index in [9.17, 15) is 4.79 Å². The molecule has 0 atom stereocenters. The smallest absolute Gasteiger partial charge is 0.160 e. The monoisotopic (exact) mass is 398 g/mol. The minimum absolute atomic E-state index is 0.0499. The summed E-state index contributed by atoms with van der Waals surface area (Å²) < 4.78 is 1.76. The summed E-state index contributed by atoms with van der Waals surface area (Å²) in [4.78, 5) is 29.8. The van der Waals surface area contributed by atoms with Crippen LogP contribution in [0, 0.1) is 20.8 Å². The summed E-state index contributed by atoms with van der Waals surface area (Å²) in [6.07, 6.45) is 8.78. The molecule has 0 amide bonds. The number of pyridine rings is 2. The third-order valence-electron chi connectivity index (χ3n) is 4.97. The van der Waals surface area contributed by atoms with Gasteiger partial charge in [0.1, 0.15) is 6.54 Å². The van der Waals surface area contributed by atoms with Gasteiger partial charge in [-0.05, 0) is 39.0 Å². The summed E-state index contributed by atoms with van der Waals surface area (Å²) in [6.45, 7) is 6.10. The summed E-state index contributed by atoms with van der Waals surface area (Å²) in [7, 11) is 0. The lowest BCUT2D eigenvalue weighted by Gasteiger charge is -2.06. The number of aryl methyl sites for hydroxylation is 2. The highest BCUT2D eigenvalue weighted by molar-refractivity contribution is 5.81. The molecule has 4 rings (SSSR count). The first kappa shape index (κ1) is 19.6. The van der Waals surface area contributed by atoms with Gasteiger partial charge in [-0.15, -0.1) is 0 Å². The van der Waals surface area contributed by atoms with E-state index in [0.717, 1.165) is 45.2 Å². The van der Waals surface area contributed by atoms with Crippen molar-refractivity contribution in [3.8, 4) is 22.4 Å². The second-order valence-electron chi connectivity index (χ2n) is 7.24. The van der Waals surface area contributed by atoms with Gasteiger partial charge < -0.3 is 0 Å². The summed E-state index contributed by atoms with van der Waals surface area (Å²) in [5.74, 6) is 0.0499. The Balaban J connectivity index is 1.47. The van der Waals surface area contributed by atoms with Crippen molar-refractivity contribution in [1.29, 1.82) is 0 Å². The van der Waals surface area contributed by atoms with Gasteiger partial charge in [0.25, 0.3) is 0 Å². The van der Waals surface area contributed by atoms with Crippen molar-refractivity contribution in [3.05, 3.63) is 78.0 Å². The molecule has 0 aliphatic carbocycles. The number of carbonyl (C=O) groups is 1. The molecular formula is C23H22N6O. The maximum Gasteiger partial charge on any atom is 0.160 e. The lowest BCUT2D eigenvalue weighted by Crippen LogP contribution is -2.15. The number of ketones is 1. The second kappa shape index (κ2) is 8.32. The Morgan fingerprint density at radius 1 is 0.900 bits per heavy atom. The van der Waals surface area contributed by atoms with Gasteiger partial charge in [0.05, 0.1) is 24.0 Å². The molecule has 30 heavy (non-hydrogen) atoms. The molecular weight excluding hydrogens is 376 g/mol. The Hall–Kier alpha value is -3.74. The third kappa shape index (κ3) is 4.15. The van der Waals surface area contributed by atoms with Crippen LogP contribution in [-0.4, -0.2) is 35.5 Å². The van der Waals surface area contributed by atoms with Crippen LogP contribution < -0.4 is 0 Å². The maximum absolute atomic E-state index is 12.7. The standard InChI is InChI=1S/C23H22N6O/c1-15-4-5-19(12-26-15)23-16(2)28-29(17(23)3)14-21(30)10-20-7-6-18(11-27-20)22-13-24-8-9-25-22/h4-9,11-13H,10,14H2,1-3H3. The molecule has 7 heteroatoms. The molecule has 4 aromatic rings. The zero-order chi connectivity index (χ0) is 21.1. The molecule has 4 aromatic heterocycles. The highest BCUT2D eigenvalue weighted by Crippen LogP contribution is 2.26. The molecule has 0 saturated carbocycles. The lowest BCUT2D eigenvalue weighted by atomic mass is 10.1. The molecule has 150 valence electrons. The Morgan fingerprint density at radius 3 is 2.37 bits per heavy atom. The third-order valence-corrected chi connectivity index (χ3v) is 4.97. The van der Waals surface area contributed by atoms with E-state index in [0.29, 0.717) is 0 Å². The van der Waals surface area contributed by atoms with Crippen LogP contribution in [-0.2, 0) is 17.8 Å². The van der Waals surface area contributed by atoms with Crippen LogP contribution >= 0.6 is 0 Å². The molecule has 4 heterocycles. The first-order valence-corrected chi connectivity index (χ1v) is 9.71. The Labute approximate surface area is 174 Å². The van der Waals surface area contributed by atoms with Crippen LogP contribution in [0.15, 0.2) is 55.2 Å². The van der Waals surface area contributed by atoms with Gasteiger partial charge in [0, 0.05) is 58.6 Å². The summed E-state index contributed by atoms with van der Waals surface area (Å²) >= 11 is 0. The molecule has 0 fully saturated rings. The number of Topliss-reactive ketones (excluding diaryl/α,β-unsaturated/α-hetero) is 1. The Morgan fingerprint density at radius 2 is 1.70 bits per heavy atom. The van der Waals surface area contributed by atoms with Gasteiger partial charge in [-0.1, -0.05) is 6.07 Å². The Kier molecular flexibility index (Phi) is 5.43. The minimum atomic E-state index is 0.0499. The van der Waals surface area contributed by atoms with Gasteiger partial charge >= 0.3 is 0 Å². The zero-order valence-corrected chi connectivity index (χ0v) is 17.2. The minimum Gasteiger partial charge on any atom is -0.297 e. The quantitative estimate of drug-likeness (QED) is 0.494. The van der Waals surface area contributed by atoms with E-state index in [1.807, 2.05) is 51.2 Å².